The van der Waals surface area contributed by atoms with Crippen molar-refractivity contribution in [2.75, 3.05) is 18.5 Å². The summed E-state index contributed by atoms with van der Waals surface area (Å²) in [6.45, 7) is 8.08. The van der Waals surface area contributed by atoms with Gasteiger partial charge in [0, 0.05) is 49.8 Å². The molecule has 0 aliphatic heterocycles. The average Bonchev–Trinajstić information content (AvgIpc) is 2.99. The van der Waals surface area contributed by atoms with Gasteiger partial charge in [0.1, 0.15) is 0 Å². The highest BCUT2D eigenvalue weighted by Gasteiger charge is 2.11. The number of benzene rings is 1. The molecule has 0 saturated heterocycles. The number of amides is 1. The molecule has 1 aromatic heterocycles. The summed E-state index contributed by atoms with van der Waals surface area (Å²) in [5, 5.41) is 3.01. The molecule has 5 heteroatoms. The molecule has 0 unspecified atom stereocenters. The van der Waals surface area contributed by atoms with Gasteiger partial charge >= 0.3 is 0 Å². The van der Waals surface area contributed by atoms with E-state index < -0.39 is 0 Å². The number of anilines is 1. The predicted octanol–water partition coefficient (Wildman–Crippen LogP) is 2.79. The minimum absolute atomic E-state index is 0.0417. The van der Waals surface area contributed by atoms with Gasteiger partial charge in [-0.2, -0.15) is 0 Å². The van der Waals surface area contributed by atoms with Crippen LogP contribution in [0.5, 0.6) is 0 Å². The van der Waals surface area contributed by atoms with Crippen molar-refractivity contribution in [3.8, 4) is 0 Å². The summed E-state index contributed by atoms with van der Waals surface area (Å²) >= 11 is 0. The van der Waals surface area contributed by atoms with E-state index in [4.69, 9.17) is 0 Å². The fourth-order valence-corrected chi connectivity index (χ4v) is 2.58. The summed E-state index contributed by atoms with van der Waals surface area (Å²) in [5.41, 5.74) is 1.81. The van der Waals surface area contributed by atoms with E-state index in [1.54, 1.807) is 12.5 Å². The Labute approximate surface area is 138 Å². The third-order valence-corrected chi connectivity index (χ3v) is 3.63. The number of hydrogen-bond donors (Lipinski definition) is 1. The lowest BCUT2D eigenvalue weighted by Crippen LogP contribution is -2.35. The van der Waals surface area contributed by atoms with E-state index in [9.17, 15) is 4.79 Å². The van der Waals surface area contributed by atoms with Gasteiger partial charge in [0.25, 0.3) is 5.91 Å². The number of carbonyl (C=O) groups is 1. The van der Waals surface area contributed by atoms with Crippen LogP contribution in [-0.4, -0.2) is 35.1 Å². The maximum absolute atomic E-state index is 12.3. The fourth-order valence-electron chi connectivity index (χ4n) is 2.58. The first-order valence-electron chi connectivity index (χ1n) is 8.03. The smallest absolute Gasteiger partial charge is 0.251 e. The molecule has 1 heterocycles. The lowest BCUT2D eigenvalue weighted by atomic mass is 10.1. The first-order valence-corrected chi connectivity index (χ1v) is 8.03. The molecule has 1 atom stereocenters. The van der Waals surface area contributed by atoms with E-state index in [0.717, 1.165) is 12.2 Å². The van der Waals surface area contributed by atoms with Crippen LogP contribution in [0.25, 0.3) is 0 Å². The summed E-state index contributed by atoms with van der Waals surface area (Å²) in [5.74, 6) is 0.558. The first-order chi connectivity index (χ1) is 11.0. The third kappa shape index (κ3) is 5.13. The fraction of sp³-hybridized carbons (Fsp3) is 0.444. The Morgan fingerprint density at radius 2 is 1.96 bits per heavy atom. The minimum Gasteiger partial charge on any atom is -0.374 e. The lowest BCUT2D eigenvalue weighted by Gasteiger charge is -2.21. The molecule has 23 heavy (non-hydrogen) atoms. The Morgan fingerprint density at radius 1 is 1.26 bits per heavy atom. The van der Waals surface area contributed by atoms with E-state index in [1.165, 1.54) is 0 Å². The molecular formula is C18H26N4O. The topological polar surface area (TPSA) is 50.2 Å². The highest BCUT2D eigenvalue weighted by Crippen LogP contribution is 2.15. The molecule has 2 rings (SSSR count). The monoisotopic (exact) mass is 314 g/mol. The zero-order valence-electron chi connectivity index (χ0n) is 14.4. The Morgan fingerprint density at radius 3 is 2.52 bits per heavy atom. The van der Waals surface area contributed by atoms with Gasteiger partial charge in [-0.15, -0.1) is 0 Å². The van der Waals surface area contributed by atoms with Crippen LogP contribution in [0.1, 0.15) is 31.1 Å². The van der Waals surface area contributed by atoms with Crippen LogP contribution in [0.4, 0.5) is 5.69 Å². The highest BCUT2D eigenvalue weighted by atomic mass is 16.1. The molecule has 5 nitrogen and oxygen atoms in total. The van der Waals surface area contributed by atoms with Crippen LogP contribution < -0.4 is 10.2 Å². The molecule has 1 aromatic carbocycles. The molecule has 0 spiro atoms. The molecule has 0 aliphatic rings. The van der Waals surface area contributed by atoms with Crippen LogP contribution in [0.3, 0.4) is 0 Å². The minimum atomic E-state index is -0.0457. The zero-order chi connectivity index (χ0) is 16.8. The molecule has 0 fully saturated rings. The standard InChI is InChI=1S/C18H26N4O/c1-14(2)11-21(4)17-7-5-16(6-8-17)18(23)20-15(3)12-22-10-9-19-13-22/h5-10,13-15H,11-12H2,1-4H3,(H,20,23)/t15-/m1/s1. The normalized spacial score (nSPS) is 12.2. The van der Waals surface area contributed by atoms with E-state index in [0.29, 0.717) is 18.0 Å². The quantitative estimate of drug-likeness (QED) is 0.855. The molecule has 0 radical (unpaired) electrons. The van der Waals surface area contributed by atoms with Crippen molar-refractivity contribution in [3.05, 3.63) is 48.5 Å². The van der Waals surface area contributed by atoms with Crippen LogP contribution in [0.2, 0.25) is 0 Å². The Hall–Kier alpha value is -2.30. The Bertz CT molecular complexity index is 604. The molecule has 0 aliphatic carbocycles. The largest absolute Gasteiger partial charge is 0.374 e. The number of aromatic nitrogens is 2. The number of nitrogens with zero attached hydrogens (tertiary/aromatic N) is 3. The molecule has 1 N–H and O–H groups in total. The van der Waals surface area contributed by atoms with Gasteiger partial charge in [-0.05, 0) is 37.1 Å². The zero-order valence-corrected chi connectivity index (χ0v) is 14.4. The second-order valence-electron chi connectivity index (χ2n) is 6.46. The Kier molecular flexibility index (Phi) is 5.79. The van der Waals surface area contributed by atoms with Crippen molar-refractivity contribution in [3.63, 3.8) is 0 Å². The van der Waals surface area contributed by atoms with Crippen molar-refractivity contribution in [2.45, 2.75) is 33.4 Å². The van der Waals surface area contributed by atoms with Gasteiger partial charge in [-0.3, -0.25) is 4.79 Å². The van der Waals surface area contributed by atoms with Crippen LogP contribution in [-0.2, 0) is 6.54 Å². The summed E-state index contributed by atoms with van der Waals surface area (Å²) in [6.07, 6.45) is 5.38. The van der Waals surface area contributed by atoms with Gasteiger partial charge in [-0.25, -0.2) is 4.98 Å². The average molecular weight is 314 g/mol. The van der Waals surface area contributed by atoms with Crippen LogP contribution in [0, 0.1) is 5.92 Å². The third-order valence-electron chi connectivity index (χ3n) is 3.63. The van der Waals surface area contributed by atoms with Crippen molar-refractivity contribution in [1.29, 1.82) is 0 Å². The number of imidazole rings is 1. The second kappa shape index (κ2) is 7.81. The van der Waals surface area contributed by atoms with Gasteiger partial charge in [-0.1, -0.05) is 13.8 Å². The van der Waals surface area contributed by atoms with Gasteiger partial charge in [0.2, 0.25) is 0 Å². The predicted molar refractivity (Wildman–Crippen MR) is 93.7 cm³/mol. The van der Waals surface area contributed by atoms with Crippen molar-refractivity contribution in [1.82, 2.24) is 14.9 Å². The molecule has 2 aromatic rings. The van der Waals surface area contributed by atoms with Crippen molar-refractivity contribution < 1.29 is 4.79 Å². The summed E-state index contributed by atoms with van der Waals surface area (Å²) in [7, 11) is 2.07. The SMILES string of the molecule is CC(C)CN(C)c1ccc(C(=O)N[C@H](C)Cn2ccnc2)cc1. The van der Waals surface area contributed by atoms with Gasteiger partial charge in [0.05, 0.1) is 6.33 Å². The molecule has 124 valence electrons. The van der Waals surface area contributed by atoms with E-state index in [1.807, 2.05) is 42.0 Å². The second-order valence-corrected chi connectivity index (χ2v) is 6.46. The molecule has 0 saturated carbocycles. The lowest BCUT2D eigenvalue weighted by molar-refractivity contribution is 0.0936. The van der Waals surface area contributed by atoms with Crippen LogP contribution >= 0.6 is 0 Å². The maximum Gasteiger partial charge on any atom is 0.251 e. The van der Waals surface area contributed by atoms with E-state index in [-0.39, 0.29) is 11.9 Å². The van der Waals surface area contributed by atoms with E-state index in [2.05, 4.69) is 36.1 Å². The number of nitrogens with one attached hydrogen (secondary N) is 1. The number of hydrogen-bond acceptors (Lipinski definition) is 3. The summed E-state index contributed by atoms with van der Waals surface area (Å²) < 4.78 is 1.95. The highest BCUT2D eigenvalue weighted by molar-refractivity contribution is 5.94. The maximum atomic E-state index is 12.3. The number of carbonyl (C=O) groups excluding carboxylic acids is 1. The van der Waals surface area contributed by atoms with Crippen molar-refractivity contribution >= 4 is 11.6 Å². The molecular weight excluding hydrogens is 288 g/mol. The number of rotatable bonds is 7. The molecule has 0 bridgehead atoms. The van der Waals surface area contributed by atoms with E-state index >= 15 is 0 Å². The van der Waals surface area contributed by atoms with Crippen LogP contribution in [0.15, 0.2) is 43.0 Å². The van der Waals surface area contributed by atoms with Gasteiger partial charge < -0.3 is 14.8 Å². The summed E-state index contributed by atoms with van der Waals surface area (Å²) in [6, 6.07) is 7.80. The molecule has 1 amide bonds. The Balaban J connectivity index is 1.92. The summed E-state index contributed by atoms with van der Waals surface area (Å²) in [4.78, 5) is 18.5. The first kappa shape index (κ1) is 17.1. The van der Waals surface area contributed by atoms with Crippen molar-refractivity contribution in [2.24, 2.45) is 5.92 Å². The van der Waals surface area contributed by atoms with Gasteiger partial charge in [0.15, 0.2) is 0 Å².